The minimum absolute atomic E-state index is 0.0347. The lowest BCUT2D eigenvalue weighted by Crippen LogP contribution is -2.52. The zero-order valence-corrected chi connectivity index (χ0v) is 20.6. The van der Waals surface area contributed by atoms with E-state index in [9.17, 15) is 14.0 Å². The Kier molecular flexibility index (Phi) is 8.20. The first-order valence-electron chi connectivity index (χ1n) is 10.9. The number of ether oxygens (including phenoxy) is 2. The number of pyridine rings is 2. The van der Waals surface area contributed by atoms with Gasteiger partial charge in [-0.05, 0) is 65.2 Å². The SMILES string of the molecule is Cc1nc(-c2cc(NC(=O)O)ncc2F)ccc1OC(N)C(C)(CC(C)C)C(=O)OC(C)(C)C. The van der Waals surface area contributed by atoms with Gasteiger partial charge < -0.3 is 14.6 Å². The summed E-state index contributed by atoms with van der Waals surface area (Å²) in [7, 11) is 0. The van der Waals surface area contributed by atoms with Crippen LogP contribution in [-0.4, -0.2) is 39.0 Å². The Hall–Kier alpha value is -3.27. The number of nitrogens with two attached hydrogens (primary N) is 1. The fourth-order valence-corrected chi connectivity index (χ4v) is 3.46. The van der Waals surface area contributed by atoms with E-state index in [0.717, 1.165) is 6.20 Å². The van der Waals surface area contributed by atoms with Crippen LogP contribution in [0, 0.1) is 24.1 Å². The minimum Gasteiger partial charge on any atom is -0.472 e. The number of aryl methyl sites for hydroxylation is 1. The standard InChI is InChI=1S/C24H33FN4O5/c1-13(2)11-24(7,21(30)34-23(4,5)6)20(26)33-18-9-8-17(28-14(18)3)15-10-19(29-22(31)32)27-12-16(15)25/h8-10,12-13,20H,11,26H2,1-7H3,(H,27,29)(H,31,32). The summed E-state index contributed by atoms with van der Waals surface area (Å²) in [6, 6.07) is 4.34. The Morgan fingerprint density at radius 1 is 1.24 bits per heavy atom. The van der Waals surface area contributed by atoms with Crippen molar-refractivity contribution in [3.63, 3.8) is 0 Å². The van der Waals surface area contributed by atoms with Crippen LogP contribution < -0.4 is 15.8 Å². The zero-order chi connectivity index (χ0) is 25.8. The first kappa shape index (κ1) is 27.0. The van der Waals surface area contributed by atoms with Crippen molar-refractivity contribution >= 4 is 17.9 Å². The van der Waals surface area contributed by atoms with Gasteiger partial charge in [-0.15, -0.1) is 0 Å². The first-order chi connectivity index (χ1) is 15.6. The molecule has 0 fully saturated rings. The van der Waals surface area contributed by atoms with Gasteiger partial charge >= 0.3 is 12.1 Å². The number of hydrogen-bond donors (Lipinski definition) is 3. The molecule has 2 aromatic heterocycles. The van der Waals surface area contributed by atoms with Gasteiger partial charge in [-0.2, -0.15) is 0 Å². The topological polar surface area (TPSA) is 137 Å². The fourth-order valence-electron chi connectivity index (χ4n) is 3.46. The summed E-state index contributed by atoms with van der Waals surface area (Å²) >= 11 is 0. The van der Waals surface area contributed by atoms with Crippen molar-refractivity contribution in [2.24, 2.45) is 17.1 Å². The number of aromatic nitrogens is 2. The van der Waals surface area contributed by atoms with E-state index in [1.807, 2.05) is 13.8 Å². The molecule has 0 saturated heterocycles. The maximum Gasteiger partial charge on any atom is 0.410 e. The van der Waals surface area contributed by atoms with Crippen LogP contribution in [0.15, 0.2) is 24.4 Å². The Labute approximate surface area is 198 Å². The third-order valence-corrected chi connectivity index (χ3v) is 4.98. The van der Waals surface area contributed by atoms with Crippen LogP contribution in [0.25, 0.3) is 11.3 Å². The number of esters is 1. The molecule has 1 amide bonds. The molecule has 0 bridgehead atoms. The minimum atomic E-state index is -1.32. The largest absolute Gasteiger partial charge is 0.472 e. The van der Waals surface area contributed by atoms with E-state index >= 15 is 0 Å². The van der Waals surface area contributed by atoms with Gasteiger partial charge in [0.2, 0.25) is 0 Å². The highest BCUT2D eigenvalue weighted by atomic mass is 19.1. The molecule has 0 aliphatic rings. The number of carboxylic acid groups (broad SMARTS) is 1. The van der Waals surface area contributed by atoms with E-state index in [4.69, 9.17) is 20.3 Å². The summed E-state index contributed by atoms with van der Waals surface area (Å²) in [5, 5.41) is 10.9. The summed E-state index contributed by atoms with van der Waals surface area (Å²) in [5.74, 6) is -0.680. The Bertz CT molecular complexity index is 1050. The van der Waals surface area contributed by atoms with Crippen LogP contribution in [0.5, 0.6) is 5.75 Å². The van der Waals surface area contributed by atoms with Gasteiger partial charge in [0.25, 0.3) is 0 Å². The van der Waals surface area contributed by atoms with Gasteiger partial charge in [0.1, 0.15) is 22.6 Å². The second-order valence-corrected chi connectivity index (χ2v) is 9.82. The van der Waals surface area contributed by atoms with Crippen LogP contribution in [0.3, 0.4) is 0 Å². The van der Waals surface area contributed by atoms with Gasteiger partial charge in [-0.1, -0.05) is 13.8 Å². The number of hydrogen-bond acceptors (Lipinski definition) is 7. The molecule has 186 valence electrons. The lowest BCUT2D eigenvalue weighted by Gasteiger charge is -2.36. The Morgan fingerprint density at radius 3 is 2.41 bits per heavy atom. The summed E-state index contributed by atoms with van der Waals surface area (Å²) in [4.78, 5) is 32.0. The molecule has 0 saturated carbocycles. The highest BCUT2D eigenvalue weighted by Crippen LogP contribution is 2.35. The van der Waals surface area contributed by atoms with Gasteiger partial charge in [-0.3, -0.25) is 15.8 Å². The molecule has 2 unspecified atom stereocenters. The van der Waals surface area contributed by atoms with Crippen LogP contribution in [0.4, 0.5) is 15.0 Å². The molecule has 0 aromatic carbocycles. The van der Waals surface area contributed by atoms with E-state index < -0.39 is 35.1 Å². The number of nitrogens with one attached hydrogen (secondary N) is 1. The van der Waals surface area contributed by atoms with E-state index in [1.165, 1.54) is 12.1 Å². The molecule has 2 atom stereocenters. The van der Waals surface area contributed by atoms with Crippen molar-refractivity contribution in [3.8, 4) is 17.0 Å². The normalized spacial score (nSPS) is 14.3. The number of rotatable bonds is 8. The monoisotopic (exact) mass is 476 g/mol. The van der Waals surface area contributed by atoms with Gasteiger partial charge in [-0.25, -0.2) is 19.2 Å². The molecule has 4 N–H and O–H groups in total. The summed E-state index contributed by atoms with van der Waals surface area (Å²) in [5.41, 5.74) is 5.30. The molecule has 2 aromatic rings. The van der Waals surface area contributed by atoms with Crippen molar-refractivity contribution < 1.29 is 28.6 Å². The van der Waals surface area contributed by atoms with Crippen molar-refractivity contribution in [3.05, 3.63) is 35.9 Å². The van der Waals surface area contributed by atoms with Crippen molar-refractivity contribution in [1.29, 1.82) is 0 Å². The smallest absolute Gasteiger partial charge is 0.410 e. The van der Waals surface area contributed by atoms with Crippen molar-refractivity contribution in [1.82, 2.24) is 9.97 Å². The Morgan fingerprint density at radius 2 is 1.88 bits per heavy atom. The number of carbonyl (C=O) groups excluding carboxylic acids is 1. The predicted molar refractivity (Wildman–Crippen MR) is 126 cm³/mol. The third kappa shape index (κ3) is 6.86. The summed E-state index contributed by atoms with van der Waals surface area (Å²) in [6.07, 6.45) is -0.993. The average molecular weight is 477 g/mol. The van der Waals surface area contributed by atoms with Crippen LogP contribution in [0.2, 0.25) is 0 Å². The summed E-state index contributed by atoms with van der Waals surface area (Å²) in [6.45, 7) is 12.7. The maximum atomic E-state index is 14.4. The number of halogens is 1. The predicted octanol–water partition coefficient (Wildman–Crippen LogP) is 4.74. The molecule has 0 aliphatic carbocycles. The number of nitrogens with zero attached hydrogens (tertiary/aromatic N) is 2. The second-order valence-electron chi connectivity index (χ2n) is 9.82. The molecular weight excluding hydrogens is 443 g/mol. The third-order valence-electron chi connectivity index (χ3n) is 4.98. The van der Waals surface area contributed by atoms with E-state index in [0.29, 0.717) is 17.9 Å². The maximum absolute atomic E-state index is 14.4. The van der Waals surface area contributed by atoms with Crippen LogP contribution in [0.1, 0.15) is 53.7 Å². The molecule has 10 heteroatoms. The number of anilines is 1. The van der Waals surface area contributed by atoms with Gasteiger partial charge in [0.15, 0.2) is 12.0 Å². The molecule has 0 radical (unpaired) electrons. The van der Waals surface area contributed by atoms with Crippen molar-refractivity contribution in [2.75, 3.05) is 5.32 Å². The Balaban J connectivity index is 2.33. The molecule has 2 rings (SSSR count). The van der Waals surface area contributed by atoms with Gasteiger partial charge in [0, 0.05) is 5.56 Å². The lowest BCUT2D eigenvalue weighted by molar-refractivity contribution is -0.174. The van der Waals surface area contributed by atoms with E-state index in [1.54, 1.807) is 40.7 Å². The molecular formula is C24H33FN4O5. The number of amides is 1. The average Bonchev–Trinajstić information content (AvgIpc) is 2.68. The van der Waals surface area contributed by atoms with Crippen molar-refractivity contribution in [2.45, 2.75) is 66.7 Å². The quantitative estimate of drug-likeness (QED) is 0.367. The first-order valence-corrected chi connectivity index (χ1v) is 10.9. The highest BCUT2D eigenvalue weighted by molar-refractivity contribution is 5.82. The lowest BCUT2D eigenvalue weighted by atomic mass is 9.80. The molecule has 0 spiro atoms. The van der Waals surface area contributed by atoms with E-state index in [-0.39, 0.29) is 23.0 Å². The zero-order valence-electron chi connectivity index (χ0n) is 20.6. The molecule has 34 heavy (non-hydrogen) atoms. The molecule has 9 nitrogen and oxygen atoms in total. The summed E-state index contributed by atoms with van der Waals surface area (Å²) < 4.78 is 25.9. The van der Waals surface area contributed by atoms with E-state index in [2.05, 4.69) is 15.3 Å². The van der Waals surface area contributed by atoms with Crippen LogP contribution >= 0.6 is 0 Å². The number of carbonyl (C=O) groups is 2. The second kappa shape index (κ2) is 10.3. The molecule has 0 aliphatic heterocycles. The fraction of sp³-hybridized carbons (Fsp3) is 0.500. The van der Waals surface area contributed by atoms with Crippen LogP contribution in [-0.2, 0) is 9.53 Å². The van der Waals surface area contributed by atoms with Gasteiger partial charge in [0.05, 0.1) is 17.6 Å². The molecule has 2 heterocycles. The highest BCUT2D eigenvalue weighted by Gasteiger charge is 2.45.